The Labute approximate surface area is 153 Å². The number of methoxy groups -OCH3 is 2. The Morgan fingerprint density at radius 1 is 1.12 bits per heavy atom. The molecule has 2 rings (SSSR count). The van der Waals surface area contributed by atoms with E-state index in [4.69, 9.17) is 9.47 Å². The minimum atomic E-state index is 0.0112. The average molecular weight is 359 g/mol. The Morgan fingerprint density at radius 3 is 2.40 bits per heavy atom. The highest BCUT2D eigenvalue weighted by atomic mass is 32.2. The third kappa shape index (κ3) is 5.43. The van der Waals surface area contributed by atoms with Crippen molar-refractivity contribution in [3.63, 3.8) is 0 Å². The molecule has 0 unspecified atom stereocenters. The molecule has 0 aliphatic heterocycles. The van der Waals surface area contributed by atoms with Crippen LogP contribution >= 0.6 is 11.8 Å². The minimum Gasteiger partial charge on any atom is -0.493 e. The molecule has 1 amide bonds. The van der Waals surface area contributed by atoms with Gasteiger partial charge in [0.25, 0.3) is 0 Å². The van der Waals surface area contributed by atoms with E-state index in [1.165, 1.54) is 0 Å². The van der Waals surface area contributed by atoms with Crippen LogP contribution < -0.4 is 14.8 Å². The summed E-state index contributed by atoms with van der Waals surface area (Å²) >= 11 is 1.59. The maximum absolute atomic E-state index is 12.1. The van der Waals surface area contributed by atoms with Crippen LogP contribution in [-0.2, 0) is 10.5 Å². The van der Waals surface area contributed by atoms with E-state index in [1.807, 2.05) is 56.3 Å². The van der Waals surface area contributed by atoms with Crippen molar-refractivity contribution in [2.75, 3.05) is 20.0 Å². The van der Waals surface area contributed by atoms with Gasteiger partial charge in [-0.2, -0.15) is 0 Å². The van der Waals surface area contributed by atoms with E-state index in [0.717, 1.165) is 28.2 Å². The molecule has 5 heteroatoms. The molecule has 134 valence electrons. The summed E-state index contributed by atoms with van der Waals surface area (Å²) in [6, 6.07) is 13.9. The molecule has 2 aromatic carbocycles. The summed E-state index contributed by atoms with van der Waals surface area (Å²) in [6.45, 7) is 4.03. The van der Waals surface area contributed by atoms with Gasteiger partial charge in [-0.1, -0.05) is 30.3 Å². The molecule has 0 aromatic heterocycles. The third-order valence-corrected chi connectivity index (χ3v) is 4.99. The SMILES string of the molecule is COc1cc(C)c(CSCC(=O)N[C@@H](C)c2ccccc2)cc1OC. The highest BCUT2D eigenvalue weighted by Gasteiger charge is 2.11. The second kappa shape index (κ2) is 9.37. The van der Waals surface area contributed by atoms with E-state index >= 15 is 0 Å². The van der Waals surface area contributed by atoms with Crippen molar-refractivity contribution in [2.45, 2.75) is 25.6 Å². The van der Waals surface area contributed by atoms with Gasteiger partial charge in [0.1, 0.15) is 0 Å². The maximum Gasteiger partial charge on any atom is 0.230 e. The first-order chi connectivity index (χ1) is 12.0. The molecule has 0 radical (unpaired) electrons. The molecule has 0 heterocycles. The van der Waals surface area contributed by atoms with Gasteiger partial charge in [-0.3, -0.25) is 4.79 Å². The molecule has 0 fully saturated rings. The van der Waals surface area contributed by atoms with Crippen LogP contribution in [0.25, 0.3) is 0 Å². The van der Waals surface area contributed by atoms with Crippen molar-refractivity contribution in [1.29, 1.82) is 0 Å². The summed E-state index contributed by atoms with van der Waals surface area (Å²) in [4.78, 5) is 12.1. The van der Waals surface area contributed by atoms with E-state index in [-0.39, 0.29) is 11.9 Å². The Hall–Kier alpha value is -2.14. The zero-order chi connectivity index (χ0) is 18.2. The lowest BCUT2D eigenvalue weighted by atomic mass is 10.1. The summed E-state index contributed by atoms with van der Waals surface area (Å²) in [7, 11) is 3.26. The molecule has 0 saturated carbocycles. The molecule has 0 aliphatic rings. The summed E-state index contributed by atoms with van der Waals surface area (Å²) in [5.41, 5.74) is 3.38. The van der Waals surface area contributed by atoms with Gasteiger partial charge in [0.2, 0.25) is 5.91 Å². The smallest absolute Gasteiger partial charge is 0.230 e. The fourth-order valence-electron chi connectivity index (χ4n) is 2.54. The van der Waals surface area contributed by atoms with Crippen LogP contribution in [0.2, 0.25) is 0 Å². The van der Waals surface area contributed by atoms with Crippen molar-refractivity contribution >= 4 is 17.7 Å². The number of hydrogen-bond donors (Lipinski definition) is 1. The first-order valence-electron chi connectivity index (χ1n) is 8.18. The Morgan fingerprint density at radius 2 is 1.76 bits per heavy atom. The van der Waals surface area contributed by atoms with Gasteiger partial charge in [-0.25, -0.2) is 0 Å². The molecule has 0 spiro atoms. The highest BCUT2D eigenvalue weighted by Crippen LogP contribution is 2.31. The van der Waals surface area contributed by atoms with Gasteiger partial charge in [-0.15, -0.1) is 11.8 Å². The number of aryl methyl sites for hydroxylation is 1. The number of nitrogens with one attached hydrogen (secondary N) is 1. The zero-order valence-corrected chi connectivity index (χ0v) is 16.0. The molecule has 0 aliphatic carbocycles. The molecule has 0 bridgehead atoms. The van der Waals surface area contributed by atoms with Gasteiger partial charge >= 0.3 is 0 Å². The van der Waals surface area contributed by atoms with Crippen molar-refractivity contribution in [2.24, 2.45) is 0 Å². The highest BCUT2D eigenvalue weighted by molar-refractivity contribution is 7.99. The molecule has 25 heavy (non-hydrogen) atoms. The lowest BCUT2D eigenvalue weighted by Crippen LogP contribution is -2.28. The van der Waals surface area contributed by atoms with E-state index in [9.17, 15) is 4.79 Å². The standard InChI is InChI=1S/C20H25NO3S/c1-14-10-18(23-3)19(24-4)11-17(14)12-25-13-20(22)21-15(2)16-8-6-5-7-9-16/h5-11,15H,12-13H2,1-4H3,(H,21,22)/t15-/m0/s1. The summed E-state index contributed by atoms with van der Waals surface area (Å²) in [5.74, 6) is 2.65. The molecule has 2 aromatic rings. The van der Waals surface area contributed by atoms with E-state index in [1.54, 1.807) is 26.0 Å². The normalized spacial score (nSPS) is 11.7. The molecule has 1 atom stereocenters. The predicted octanol–water partition coefficient (Wildman–Crippen LogP) is 4.12. The lowest BCUT2D eigenvalue weighted by molar-refractivity contribution is -0.119. The first kappa shape index (κ1) is 19.2. The van der Waals surface area contributed by atoms with Crippen LogP contribution in [0, 0.1) is 6.92 Å². The average Bonchev–Trinajstić information content (AvgIpc) is 2.63. The first-order valence-corrected chi connectivity index (χ1v) is 9.34. The number of carbonyl (C=O) groups excluding carboxylic acids is 1. The van der Waals surface area contributed by atoms with Crippen LogP contribution in [0.4, 0.5) is 0 Å². The van der Waals surface area contributed by atoms with Crippen molar-refractivity contribution in [3.8, 4) is 11.5 Å². The maximum atomic E-state index is 12.1. The van der Waals surface area contributed by atoms with Crippen LogP contribution in [0.15, 0.2) is 42.5 Å². The van der Waals surface area contributed by atoms with Gasteiger partial charge in [-0.05, 0) is 42.7 Å². The van der Waals surface area contributed by atoms with Gasteiger partial charge in [0.15, 0.2) is 11.5 Å². The number of benzene rings is 2. The van der Waals surface area contributed by atoms with Crippen LogP contribution in [0.1, 0.15) is 29.7 Å². The molecule has 4 nitrogen and oxygen atoms in total. The van der Waals surface area contributed by atoms with Gasteiger partial charge in [0, 0.05) is 5.75 Å². The molecular formula is C20H25NO3S. The number of amides is 1. The zero-order valence-electron chi connectivity index (χ0n) is 15.2. The quantitative estimate of drug-likeness (QED) is 0.770. The van der Waals surface area contributed by atoms with E-state index in [0.29, 0.717) is 11.5 Å². The van der Waals surface area contributed by atoms with E-state index < -0.39 is 0 Å². The number of thioether (sulfide) groups is 1. The van der Waals surface area contributed by atoms with Crippen LogP contribution in [-0.4, -0.2) is 25.9 Å². The van der Waals surface area contributed by atoms with E-state index in [2.05, 4.69) is 5.32 Å². The predicted molar refractivity (Wildman–Crippen MR) is 103 cm³/mol. The summed E-state index contributed by atoms with van der Waals surface area (Å²) in [6.07, 6.45) is 0. The minimum absolute atomic E-state index is 0.0112. The number of rotatable bonds is 8. The fourth-order valence-corrected chi connectivity index (χ4v) is 3.44. The topological polar surface area (TPSA) is 47.6 Å². The van der Waals surface area contributed by atoms with Crippen LogP contribution in [0.5, 0.6) is 11.5 Å². The summed E-state index contributed by atoms with van der Waals surface area (Å²) in [5, 5.41) is 3.03. The van der Waals surface area contributed by atoms with Crippen molar-refractivity contribution in [3.05, 3.63) is 59.2 Å². The Kier molecular flexibility index (Phi) is 7.19. The van der Waals surface area contributed by atoms with Crippen molar-refractivity contribution < 1.29 is 14.3 Å². The lowest BCUT2D eigenvalue weighted by Gasteiger charge is -2.15. The molecule has 0 saturated heterocycles. The molecule has 1 N–H and O–H groups in total. The van der Waals surface area contributed by atoms with Crippen molar-refractivity contribution in [1.82, 2.24) is 5.32 Å². The number of ether oxygens (including phenoxy) is 2. The summed E-state index contributed by atoms with van der Waals surface area (Å²) < 4.78 is 10.7. The van der Waals surface area contributed by atoms with Gasteiger partial charge in [0.05, 0.1) is 26.0 Å². The van der Waals surface area contributed by atoms with Crippen LogP contribution in [0.3, 0.4) is 0 Å². The largest absolute Gasteiger partial charge is 0.493 e. The fraction of sp³-hybridized carbons (Fsp3) is 0.350. The molecular weight excluding hydrogens is 334 g/mol. The second-order valence-electron chi connectivity index (χ2n) is 5.83. The number of carbonyl (C=O) groups is 1. The Balaban J connectivity index is 1.87. The second-order valence-corrected chi connectivity index (χ2v) is 6.81. The van der Waals surface area contributed by atoms with Gasteiger partial charge < -0.3 is 14.8 Å². The Bertz CT molecular complexity index is 704. The number of hydrogen-bond acceptors (Lipinski definition) is 4. The third-order valence-electron chi connectivity index (χ3n) is 4.01. The monoisotopic (exact) mass is 359 g/mol.